The number of nitrogens with zero attached hydrogens (tertiary/aromatic N) is 1. The number of quaternary nitrogens is 1. The molecule has 0 aliphatic heterocycles. The second-order valence-corrected chi connectivity index (χ2v) is 3.77. The van der Waals surface area contributed by atoms with Gasteiger partial charge >= 0.3 is 5.97 Å². The van der Waals surface area contributed by atoms with Crippen LogP contribution >= 0.6 is 15.9 Å². The summed E-state index contributed by atoms with van der Waals surface area (Å²) in [5.41, 5.74) is 0. The maximum Gasteiger partial charge on any atom is 0.363 e. The van der Waals surface area contributed by atoms with E-state index in [0.717, 1.165) is 0 Å². The Morgan fingerprint density at radius 3 is 2.00 bits per heavy atom. The van der Waals surface area contributed by atoms with Crippen molar-refractivity contribution in [1.29, 1.82) is 0 Å². The number of carbonyl (C=O) groups is 1. The van der Waals surface area contributed by atoms with Gasteiger partial charge in [-0.15, -0.1) is 0 Å². The molecule has 0 aromatic rings. The number of aliphatic carboxylic acids is 1. The van der Waals surface area contributed by atoms with Crippen molar-refractivity contribution in [3.63, 3.8) is 0 Å². The van der Waals surface area contributed by atoms with Gasteiger partial charge in [0.05, 0.1) is 26.5 Å². The van der Waals surface area contributed by atoms with Gasteiger partial charge in [-0.2, -0.15) is 0 Å². The van der Waals surface area contributed by atoms with Crippen LogP contribution in [-0.2, 0) is 4.79 Å². The first-order chi connectivity index (χ1) is 4.39. The predicted molar refractivity (Wildman–Crippen MR) is 43.3 cm³/mol. The summed E-state index contributed by atoms with van der Waals surface area (Å²) in [5, 5.41) is 9.16. The van der Waals surface area contributed by atoms with Gasteiger partial charge in [0.25, 0.3) is 0 Å². The lowest BCUT2D eigenvalue weighted by atomic mass is 10.3. The molecule has 0 aromatic heterocycles. The van der Waals surface area contributed by atoms with Gasteiger partial charge in [-0.25, -0.2) is 4.79 Å². The summed E-state index contributed by atoms with van der Waals surface area (Å²) in [6.07, 6.45) is 0. The highest BCUT2D eigenvalue weighted by Gasteiger charge is 2.29. The van der Waals surface area contributed by atoms with Gasteiger partial charge in [-0.05, 0) is 0 Å². The Labute approximate surface area is 69.4 Å². The summed E-state index contributed by atoms with van der Waals surface area (Å²) in [7, 11) is 5.58. The molecule has 0 bridgehead atoms. The molecule has 0 amide bonds. The third-order valence-electron chi connectivity index (χ3n) is 1.37. The molecule has 0 spiro atoms. The van der Waals surface area contributed by atoms with Gasteiger partial charge in [0.15, 0.2) is 6.04 Å². The van der Waals surface area contributed by atoms with Gasteiger partial charge < -0.3 is 9.59 Å². The fourth-order valence-electron chi connectivity index (χ4n) is 0.604. The lowest BCUT2D eigenvalue weighted by Crippen LogP contribution is -2.50. The van der Waals surface area contributed by atoms with Crippen LogP contribution in [0.3, 0.4) is 0 Å². The van der Waals surface area contributed by atoms with E-state index < -0.39 is 5.97 Å². The van der Waals surface area contributed by atoms with Crippen LogP contribution in [0, 0.1) is 0 Å². The Morgan fingerprint density at radius 2 is 2.00 bits per heavy atom. The van der Waals surface area contributed by atoms with E-state index in [1.165, 1.54) is 0 Å². The van der Waals surface area contributed by atoms with E-state index in [9.17, 15) is 4.79 Å². The SMILES string of the molecule is C[N+](C)(C)C(CBr)C(=O)O. The minimum absolute atomic E-state index is 0.361. The van der Waals surface area contributed by atoms with Crippen molar-refractivity contribution >= 4 is 21.9 Å². The summed E-state index contributed by atoms with van der Waals surface area (Å²) >= 11 is 3.16. The molecule has 1 atom stereocenters. The second kappa shape index (κ2) is 3.34. The van der Waals surface area contributed by atoms with E-state index in [0.29, 0.717) is 9.81 Å². The Bertz CT molecular complexity index is 130. The van der Waals surface area contributed by atoms with E-state index >= 15 is 0 Å². The molecule has 0 fully saturated rings. The van der Waals surface area contributed by atoms with Crippen LogP contribution in [0.1, 0.15) is 0 Å². The van der Waals surface area contributed by atoms with Crippen LogP contribution in [-0.4, -0.2) is 48.1 Å². The van der Waals surface area contributed by atoms with Crippen molar-refractivity contribution in [2.45, 2.75) is 6.04 Å². The van der Waals surface area contributed by atoms with Gasteiger partial charge in [0, 0.05) is 0 Å². The molecule has 0 saturated heterocycles. The van der Waals surface area contributed by atoms with Crippen LogP contribution in [0.2, 0.25) is 0 Å². The summed E-state index contributed by atoms with van der Waals surface area (Å²) in [4.78, 5) is 10.5. The first-order valence-electron chi connectivity index (χ1n) is 2.99. The predicted octanol–water partition coefficient (Wildman–Crippen LogP) is 0.541. The number of halogens is 1. The highest BCUT2D eigenvalue weighted by molar-refractivity contribution is 9.09. The number of alkyl halides is 1. The number of hydrogen-bond acceptors (Lipinski definition) is 1. The van der Waals surface area contributed by atoms with E-state index in [4.69, 9.17) is 5.11 Å². The Morgan fingerprint density at radius 1 is 1.60 bits per heavy atom. The quantitative estimate of drug-likeness (QED) is 0.546. The smallest absolute Gasteiger partial charge is 0.363 e. The fraction of sp³-hybridized carbons (Fsp3) is 0.833. The molecule has 10 heavy (non-hydrogen) atoms. The Hall–Kier alpha value is -0.0900. The minimum Gasteiger partial charge on any atom is -0.477 e. The van der Waals surface area contributed by atoms with Gasteiger partial charge in [0.2, 0.25) is 0 Å². The molecule has 0 aliphatic rings. The molecule has 0 rings (SSSR count). The molecular weight excluding hydrogens is 198 g/mol. The third kappa shape index (κ3) is 2.66. The standard InChI is InChI=1S/C6H12BrNO2/c1-8(2,3)5(4-7)6(9)10/h5H,4H2,1-3H3/p+1. The van der Waals surface area contributed by atoms with E-state index in [1.54, 1.807) is 0 Å². The molecule has 0 heterocycles. The van der Waals surface area contributed by atoms with Gasteiger partial charge in [-0.1, -0.05) is 15.9 Å². The number of carboxylic acid groups (broad SMARTS) is 1. The van der Waals surface area contributed by atoms with Crippen molar-refractivity contribution in [1.82, 2.24) is 0 Å². The first-order valence-corrected chi connectivity index (χ1v) is 4.11. The molecule has 3 nitrogen and oxygen atoms in total. The fourth-order valence-corrected chi connectivity index (χ4v) is 1.75. The molecule has 0 aliphatic carbocycles. The number of rotatable bonds is 3. The van der Waals surface area contributed by atoms with Crippen LogP contribution in [0.25, 0.3) is 0 Å². The highest BCUT2D eigenvalue weighted by Crippen LogP contribution is 2.05. The molecular formula is C6H13BrNO2+. The molecule has 0 radical (unpaired) electrons. The zero-order valence-electron chi connectivity index (χ0n) is 6.47. The molecule has 1 N–H and O–H groups in total. The zero-order valence-corrected chi connectivity index (χ0v) is 8.05. The summed E-state index contributed by atoms with van der Waals surface area (Å²) in [5.74, 6) is -0.760. The van der Waals surface area contributed by atoms with Crippen LogP contribution in [0.15, 0.2) is 0 Å². The van der Waals surface area contributed by atoms with Crippen molar-refractivity contribution in [3.05, 3.63) is 0 Å². The minimum atomic E-state index is -0.760. The van der Waals surface area contributed by atoms with Crippen LogP contribution < -0.4 is 0 Å². The van der Waals surface area contributed by atoms with E-state index in [2.05, 4.69) is 15.9 Å². The first kappa shape index (κ1) is 9.91. The molecule has 0 aromatic carbocycles. The van der Waals surface area contributed by atoms with E-state index in [1.807, 2.05) is 21.1 Å². The molecule has 0 saturated carbocycles. The van der Waals surface area contributed by atoms with Crippen LogP contribution in [0.4, 0.5) is 0 Å². The number of likely N-dealkylation sites (N-methyl/N-ethyl adjacent to an activating group) is 1. The van der Waals surface area contributed by atoms with Crippen molar-refractivity contribution in [3.8, 4) is 0 Å². The molecule has 60 valence electrons. The summed E-state index contributed by atoms with van der Waals surface area (Å²) in [6.45, 7) is 0. The number of carboxylic acids is 1. The van der Waals surface area contributed by atoms with Crippen LogP contribution in [0.5, 0.6) is 0 Å². The Kier molecular flexibility index (Phi) is 3.31. The Balaban J connectivity index is 4.22. The second-order valence-electron chi connectivity index (χ2n) is 3.12. The monoisotopic (exact) mass is 210 g/mol. The summed E-state index contributed by atoms with van der Waals surface area (Å²) in [6, 6.07) is -0.361. The highest BCUT2D eigenvalue weighted by atomic mass is 79.9. The molecule has 1 unspecified atom stereocenters. The van der Waals surface area contributed by atoms with Gasteiger partial charge in [0.1, 0.15) is 0 Å². The van der Waals surface area contributed by atoms with Crippen molar-refractivity contribution in [2.24, 2.45) is 0 Å². The normalized spacial score (nSPS) is 14.8. The van der Waals surface area contributed by atoms with E-state index in [-0.39, 0.29) is 6.04 Å². The lowest BCUT2D eigenvalue weighted by molar-refractivity contribution is -0.884. The number of hydrogen-bond donors (Lipinski definition) is 1. The maximum absolute atomic E-state index is 10.5. The van der Waals surface area contributed by atoms with Crippen molar-refractivity contribution in [2.75, 3.05) is 26.5 Å². The average molecular weight is 211 g/mol. The topological polar surface area (TPSA) is 37.3 Å². The van der Waals surface area contributed by atoms with Crippen molar-refractivity contribution < 1.29 is 14.4 Å². The maximum atomic E-state index is 10.5. The zero-order chi connectivity index (χ0) is 8.36. The lowest BCUT2D eigenvalue weighted by Gasteiger charge is -2.29. The summed E-state index contributed by atoms with van der Waals surface area (Å²) < 4.78 is 0.445. The largest absolute Gasteiger partial charge is 0.477 e. The average Bonchev–Trinajstić information content (AvgIpc) is 1.60. The molecule has 4 heteroatoms. The third-order valence-corrected chi connectivity index (χ3v) is 1.98. The van der Waals surface area contributed by atoms with Gasteiger partial charge in [-0.3, -0.25) is 0 Å².